The number of nitrogens with zero attached hydrogens (tertiary/aromatic N) is 2. The van der Waals surface area contributed by atoms with Gasteiger partial charge >= 0.3 is 0 Å². The van der Waals surface area contributed by atoms with Crippen LogP contribution in [-0.4, -0.2) is 30.0 Å². The molecule has 17 heavy (non-hydrogen) atoms. The summed E-state index contributed by atoms with van der Waals surface area (Å²) in [5.41, 5.74) is 1.21. The molecule has 0 saturated carbocycles. The van der Waals surface area contributed by atoms with Crippen LogP contribution in [0.25, 0.3) is 0 Å². The van der Waals surface area contributed by atoms with Gasteiger partial charge in [0.15, 0.2) is 5.75 Å². The molecule has 1 rings (SSSR count). The van der Waals surface area contributed by atoms with Crippen molar-refractivity contribution in [3.05, 3.63) is 11.9 Å². The normalized spacial score (nSPS) is 11.1. The maximum absolute atomic E-state index is 5.35. The van der Waals surface area contributed by atoms with Gasteiger partial charge in [0.2, 0.25) is 0 Å². The van der Waals surface area contributed by atoms with E-state index in [1.54, 1.807) is 7.11 Å². The summed E-state index contributed by atoms with van der Waals surface area (Å²) >= 11 is 0. The van der Waals surface area contributed by atoms with Crippen LogP contribution in [0.2, 0.25) is 0 Å². The van der Waals surface area contributed by atoms with Gasteiger partial charge in [-0.05, 0) is 46.2 Å². The number of hydrogen-bond donors (Lipinski definition) is 1. The predicted octanol–water partition coefficient (Wildman–Crippen LogP) is 2.40. The maximum Gasteiger partial charge on any atom is 0.159 e. The molecular weight excluding hydrogens is 214 g/mol. The highest BCUT2D eigenvalue weighted by Crippen LogP contribution is 2.22. The van der Waals surface area contributed by atoms with Crippen LogP contribution in [0.4, 0.5) is 0 Å². The van der Waals surface area contributed by atoms with Gasteiger partial charge in [0.05, 0.1) is 19.0 Å². The molecule has 0 amide bonds. The minimum Gasteiger partial charge on any atom is -0.493 e. The highest BCUT2D eigenvalue weighted by molar-refractivity contribution is 5.25. The zero-order chi connectivity index (χ0) is 12.7. The van der Waals surface area contributed by atoms with Crippen LogP contribution in [-0.2, 0) is 6.42 Å². The molecule has 98 valence electrons. The van der Waals surface area contributed by atoms with Gasteiger partial charge in [0.1, 0.15) is 0 Å². The van der Waals surface area contributed by atoms with E-state index in [1.807, 2.05) is 6.20 Å². The van der Waals surface area contributed by atoms with Crippen LogP contribution >= 0.6 is 0 Å². The van der Waals surface area contributed by atoms with Crippen LogP contribution in [0.15, 0.2) is 6.20 Å². The quantitative estimate of drug-likeness (QED) is 0.708. The first-order valence-corrected chi connectivity index (χ1v) is 6.51. The van der Waals surface area contributed by atoms with Crippen molar-refractivity contribution < 1.29 is 4.74 Å². The Bertz CT molecular complexity index is 320. The van der Waals surface area contributed by atoms with Gasteiger partial charge in [-0.3, -0.25) is 4.68 Å². The minimum absolute atomic E-state index is 0.387. The summed E-state index contributed by atoms with van der Waals surface area (Å²) in [4.78, 5) is 0. The molecule has 0 aliphatic rings. The standard InChI is InChI=1S/C13H25N3O/c1-5-8-14-9-6-7-12-13(17-4)10-15-16(12)11(2)3/h10-11,14H,5-9H2,1-4H3. The van der Waals surface area contributed by atoms with Gasteiger partial charge in [-0.15, -0.1) is 0 Å². The molecule has 0 fully saturated rings. The van der Waals surface area contributed by atoms with E-state index in [0.717, 1.165) is 31.7 Å². The Balaban J connectivity index is 2.52. The monoisotopic (exact) mass is 239 g/mol. The Morgan fingerprint density at radius 1 is 1.41 bits per heavy atom. The number of ether oxygens (including phenoxy) is 1. The van der Waals surface area contributed by atoms with E-state index in [0.29, 0.717) is 6.04 Å². The smallest absolute Gasteiger partial charge is 0.159 e. The number of methoxy groups -OCH3 is 1. The molecule has 4 heteroatoms. The lowest BCUT2D eigenvalue weighted by molar-refractivity contribution is 0.403. The molecule has 1 N–H and O–H groups in total. The molecule has 0 atom stereocenters. The lowest BCUT2D eigenvalue weighted by atomic mass is 10.2. The van der Waals surface area contributed by atoms with E-state index in [-0.39, 0.29) is 0 Å². The van der Waals surface area contributed by atoms with Crippen LogP contribution < -0.4 is 10.1 Å². The Labute approximate surface area is 104 Å². The van der Waals surface area contributed by atoms with Gasteiger partial charge in [-0.25, -0.2) is 0 Å². The largest absolute Gasteiger partial charge is 0.493 e. The second kappa shape index (κ2) is 7.33. The summed E-state index contributed by atoms with van der Waals surface area (Å²) < 4.78 is 7.40. The van der Waals surface area contributed by atoms with Crippen molar-refractivity contribution in [3.8, 4) is 5.75 Å². The highest BCUT2D eigenvalue weighted by atomic mass is 16.5. The Morgan fingerprint density at radius 3 is 2.76 bits per heavy atom. The van der Waals surface area contributed by atoms with E-state index in [9.17, 15) is 0 Å². The van der Waals surface area contributed by atoms with Crippen molar-refractivity contribution in [2.24, 2.45) is 0 Å². The van der Waals surface area contributed by atoms with E-state index in [1.165, 1.54) is 12.1 Å². The molecule has 1 aromatic rings. The van der Waals surface area contributed by atoms with Crippen LogP contribution in [0.5, 0.6) is 5.75 Å². The van der Waals surface area contributed by atoms with Crippen molar-refractivity contribution >= 4 is 0 Å². The van der Waals surface area contributed by atoms with Crippen LogP contribution in [0.3, 0.4) is 0 Å². The minimum atomic E-state index is 0.387. The first-order chi connectivity index (χ1) is 8.20. The van der Waals surface area contributed by atoms with Gasteiger partial charge in [-0.2, -0.15) is 5.10 Å². The van der Waals surface area contributed by atoms with Crippen LogP contribution in [0.1, 0.15) is 45.3 Å². The molecule has 1 heterocycles. The average molecular weight is 239 g/mol. The summed E-state index contributed by atoms with van der Waals surface area (Å²) in [5.74, 6) is 0.911. The van der Waals surface area contributed by atoms with Gasteiger partial charge in [-0.1, -0.05) is 6.92 Å². The van der Waals surface area contributed by atoms with Crippen molar-refractivity contribution in [1.29, 1.82) is 0 Å². The Hall–Kier alpha value is -1.03. The zero-order valence-electron chi connectivity index (χ0n) is 11.5. The van der Waals surface area contributed by atoms with E-state index in [4.69, 9.17) is 4.74 Å². The number of nitrogens with one attached hydrogen (secondary N) is 1. The van der Waals surface area contributed by atoms with Gasteiger partial charge < -0.3 is 10.1 Å². The summed E-state index contributed by atoms with van der Waals surface area (Å²) in [6.45, 7) is 8.63. The maximum atomic E-state index is 5.35. The Morgan fingerprint density at radius 2 is 2.18 bits per heavy atom. The van der Waals surface area contributed by atoms with E-state index < -0.39 is 0 Å². The average Bonchev–Trinajstić information content (AvgIpc) is 2.72. The lowest BCUT2D eigenvalue weighted by Gasteiger charge is -2.12. The van der Waals surface area contributed by atoms with E-state index >= 15 is 0 Å². The topological polar surface area (TPSA) is 39.1 Å². The fraction of sp³-hybridized carbons (Fsp3) is 0.769. The number of hydrogen-bond acceptors (Lipinski definition) is 3. The molecule has 0 unspecified atom stereocenters. The lowest BCUT2D eigenvalue weighted by Crippen LogP contribution is -2.17. The zero-order valence-corrected chi connectivity index (χ0v) is 11.5. The second-order valence-corrected chi connectivity index (χ2v) is 4.55. The Kier molecular flexibility index (Phi) is 6.05. The summed E-state index contributed by atoms with van der Waals surface area (Å²) in [6.07, 6.45) is 5.13. The molecule has 1 aromatic heterocycles. The number of aromatic nitrogens is 2. The SMILES string of the molecule is CCCNCCCc1c(OC)cnn1C(C)C. The summed E-state index contributed by atoms with van der Waals surface area (Å²) in [6, 6.07) is 0.387. The molecule has 0 spiro atoms. The molecule has 0 aliphatic heterocycles. The molecule has 0 aromatic carbocycles. The van der Waals surface area contributed by atoms with Crippen molar-refractivity contribution in [2.75, 3.05) is 20.2 Å². The molecule has 0 radical (unpaired) electrons. The molecule has 0 bridgehead atoms. The van der Waals surface area contributed by atoms with Gasteiger partial charge in [0, 0.05) is 6.04 Å². The van der Waals surface area contributed by atoms with E-state index in [2.05, 4.69) is 35.9 Å². The predicted molar refractivity (Wildman–Crippen MR) is 70.6 cm³/mol. The van der Waals surface area contributed by atoms with Gasteiger partial charge in [0.25, 0.3) is 0 Å². The van der Waals surface area contributed by atoms with Crippen molar-refractivity contribution in [3.63, 3.8) is 0 Å². The third kappa shape index (κ3) is 4.04. The third-order valence-corrected chi connectivity index (χ3v) is 2.76. The first-order valence-electron chi connectivity index (χ1n) is 6.51. The first kappa shape index (κ1) is 14.0. The fourth-order valence-electron chi connectivity index (χ4n) is 1.91. The molecular formula is C13H25N3O. The summed E-state index contributed by atoms with van der Waals surface area (Å²) in [7, 11) is 1.71. The molecule has 4 nitrogen and oxygen atoms in total. The highest BCUT2D eigenvalue weighted by Gasteiger charge is 2.12. The third-order valence-electron chi connectivity index (χ3n) is 2.76. The van der Waals surface area contributed by atoms with Crippen LogP contribution in [0, 0.1) is 0 Å². The summed E-state index contributed by atoms with van der Waals surface area (Å²) in [5, 5.41) is 7.79. The molecule has 0 aliphatic carbocycles. The second-order valence-electron chi connectivity index (χ2n) is 4.55. The fourth-order valence-corrected chi connectivity index (χ4v) is 1.91. The van der Waals surface area contributed by atoms with Crippen molar-refractivity contribution in [1.82, 2.24) is 15.1 Å². The van der Waals surface area contributed by atoms with Crippen molar-refractivity contribution in [2.45, 2.75) is 46.1 Å². The molecule has 0 saturated heterocycles. The number of rotatable bonds is 8.